The third kappa shape index (κ3) is 2.76. The highest BCUT2D eigenvalue weighted by Gasteiger charge is 2.44. The molecule has 0 heteroatoms. The lowest BCUT2D eigenvalue weighted by Crippen LogP contribution is -2.23. The van der Waals surface area contributed by atoms with Crippen molar-refractivity contribution in [1.29, 1.82) is 0 Å². The van der Waals surface area contributed by atoms with Crippen LogP contribution < -0.4 is 0 Å². The zero-order chi connectivity index (χ0) is 29.2. The maximum atomic E-state index is 2.50. The van der Waals surface area contributed by atoms with Crippen molar-refractivity contribution in [1.82, 2.24) is 0 Å². The zero-order valence-corrected chi connectivity index (χ0v) is 24.9. The zero-order valence-electron chi connectivity index (χ0n) is 24.9. The number of rotatable bonds is 2. The maximum Gasteiger partial charge on any atom is 0.0441 e. The van der Waals surface area contributed by atoms with Gasteiger partial charge in [-0.25, -0.2) is 0 Å². The highest BCUT2D eigenvalue weighted by atomic mass is 14.5. The molecule has 8 aromatic carbocycles. The van der Waals surface area contributed by atoms with E-state index < -0.39 is 0 Å². The minimum Gasteiger partial charge on any atom is -0.0622 e. The average Bonchev–Trinajstić information content (AvgIpc) is 3.51. The van der Waals surface area contributed by atoms with Crippen LogP contribution in [0, 0.1) is 0 Å². The Morgan fingerprint density at radius 1 is 0.386 bits per heavy atom. The van der Waals surface area contributed by atoms with Gasteiger partial charge in [0.15, 0.2) is 0 Å². The Hall–Kier alpha value is -5.20. The summed E-state index contributed by atoms with van der Waals surface area (Å²) in [4.78, 5) is 0. The van der Waals surface area contributed by atoms with E-state index in [0.29, 0.717) is 0 Å². The van der Waals surface area contributed by atoms with Gasteiger partial charge >= 0.3 is 0 Å². The van der Waals surface area contributed by atoms with Crippen LogP contribution in [0.15, 0.2) is 146 Å². The molecule has 0 amide bonds. The fourth-order valence-electron chi connectivity index (χ4n) is 9.11. The van der Waals surface area contributed by atoms with E-state index >= 15 is 0 Å². The summed E-state index contributed by atoms with van der Waals surface area (Å²) in [5.41, 5.74) is 13.3. The van der Waals surface area contributed by atoms with E-state index in [2.05, 4.69) is 159 Å². The SMILES string of the molecule is CC1(c2ccccc2)c2ccccc2-c2c1cc1ccc3c4c(cc5ccc2c1c53)-c1ccccc1C4(C)c1ccccc1. The smallest absolute Gasteiger partial charge is 0.0441 e. The third-order valence-electron chi connectivity index (χ3n) is 11.1. The molecule has 2 atom stereocenters. The van der Waals surface area contributed by atoms with Crippen molar-refractivity contribution in [3.05, 3.63) is 179 Å². The molecular formula is C44H30. The molecule has 0 spiro atoms. The van der Waals surface area contributed by atoms with E-state index in [0.717, 1.165) is 0 Å². The molecule has 0 radical (unpaired) electrons. The van der Waals surface area contributed by atoms with Crippen molar-refractivity contribution in [3.8, 4) is 22.3 Å². The van der Waals surface area contributed by atoms with Gasteiger partial charge in [-0.15, -0.1) is 0 Å². The van der Waals surface area contributed by atoms with Crippen LogP contribution in [0.5, 0.6) is 0 Å². The second-order valence-corrected chi connectivity index (χ2v) is 13.1. The van der Waals surface area contributed by atoms with Crippen LogP contribution >= 0.6 is 0 Å². The first kappa shape index (κ1) is 24.3. The van der Waals surface area contributed by atoms with Gasteiger partial charge in [-0.2, -0.15) is 0 Å². The van der Waals surface area contributed by atoms with Gasteiger partial charge in [0.2, 0.25) is 0 Å². The predicted molar refractivity (Wildman–Crippen MR) is 185 cm³/mol. The van der Waals surface area contributed by atoms with Crippen molar-refractivity contribution in [2.45, 2.75) is 24.7 Å². The van der Waals surface area contributed by atoms with Gasteiger partial charge in [0.05, 0.1) is 0 Å². The second-order valence-electron chi connectivity index (χ2n) is 13.1. The third-order valence-corrected chi connectivity index (χ3v) is 11.1. The first-order valence-corrected chi connectivity index (χ1v) is 15.7. The minimum atomic E-state index is -0.240. The Kier molecular flexibility index (Phi) is 4.55. The molecule has 0 aromatic heterocycles. The summed E-state index contributed by atoms with van der Waals surface area (Å²) in [6.07, 6.45) is 0. The van der Waals surface area contributed by atoms with E-state index in [1.165, 1.54) is 88.0 Å². The van der Waals surface area contributed by atoms with Crippen LogP contribution in [-0.4, -0.2) is 0 Å². The number of hydrogen-bond donors (Lipinski definition) is 0. The molecule has 8 aromatic rings. The fourth-order valence-corrected chi connectivity index (χ4v) is 9.11. The second kappa shape index (κ2) is 8.24. The van der Waals surface area contributed by atoms with Gasteiger partial charge in [0, 0.05) is 10.8 Å². The lowest BCUT2D eigenvalue weighted by Gasteiger charge is -2.30. The summed E-state index contributed by atoms with van der Waals surface area (Å²) in [6.45, 7) is 4.85. The summed E-state index contributed by atoms with van der Waals surface area (Å²) in [7, 11) is 0. The van der Waals surface area contributed by atoms with E-state index in [-0.39, 0.29) is 10.8 Å². The van der Waals surface area contributed by atoms with E-state index in [1.807, 2.05) is 0 Å². The highest BCUT2D eigenvalue weighted by molar-refractivity contribution is 6.28. The summed E-state index contributed by atoms with van der Waals surface area (Å²) in [5, 5.41) is 8.15. The van der Waals surface area contributed by atoms with E-state index in [4.69, 9.17) is 0 Å². The summed E-state index contributed by atoms with van der Waals surface area (Å²) in [6, 6.07) is 54.8. The summed E-state index contributed by atoms with van der Waals surface area (Å²) in [5.74, 6) is 0. The van der Waals surface area contributed by atoms with Crippen molar-refractivity contribution in [2.24, 2.45) is 0 Å². The molecule has 206 valence electrons. The highest BCUT2D eigenvalue weighted by Crippen LogP contribution is 2.59. The Balaban J connectivity index is 1.36. The number of hydrogen-bond acceptors (Lipinski definition) is 0. The largest absolute Gasteiger partial charge is 0.0622 e. The lowest BCUT2D eigenvalue weighted by molar-refractivity contribution is 0.715. The lowest BCUT2D eigenvalue weighted by atomic mass is 9.71. The van der Waals surface area contributed by atoms with Crippen LogP contribution in [0.2, 0.25) is 0 Å². The van der Waals surface area contributed by atoms with Crippen LogP contribution in [0.25, 0.3) is 54.6 Å². The quantitative estimate of drug-likeness (QED) is 0.185. The first-order chi connectivity index (χ1) is 21.6. The molecule has 0 saturated carbocycles. The molecule has 0 aliphatic heterocycles. The average molecular weight is 559 g/mol. The molecule has 0 saturated heterocycles. The van der Waals surface area contributed by atoms with Gasteiger partial charge in [-0.1, -0.05) is 133 Å². The van der Waals surface area contributed by atoms with Crippen LogP contribution in [-0.2, 0) is 10.8 Å². The fraction of sp³-hybridized carbons (Fsp3) is 0.0909. The number of fused-ring (bicyclic) bond motifs is 8. The molecule has 0 fully saturated rings. The molecule has 0 nitrogen and oxygen atoms in total. The summed E-state index contributed by atoms with van der Waals surface area (Å²) < 4.78 is 0. The van der Waals surface area contributed by atoms with Gasteiger partial charge in [0.25, 0.3) is 0 Å². The molecule has 0 heterocycles. The molecule has 10 rings (SSSR count). The molecule has 2 aliphatic rings. The minimum absolute atomic E-state index is 0.216. The molecule has 0 N–H and O–H groups in total. The van der Waals surface area contributed by atoms with Gasteiger partial charge in [-0.3, -0.25) is 0 Å². The van der Waals surface area contributed by atoms with Gasteiger partial charge in [-0.05, 0) is 114 Å². The van der Waals surface area contributed by atoms with Crippen molar-refractivity contribution in [2.75, 3.05) is 0 Å². The van der Waals surface area contributed by atoms with Gasteiger partial charge in [0.1, 0.15) is 0 Å². The molecule has 2 unspecified atom stereocenters. The Morgan fingerprint density at radius 2 is 0.909 bits per heavy atom. The first-order valence-electron chi connectivity index (χ1n) is 15.7. The van der Waals surface area contributed by atoms with Crippen molar-refractivity contribution < 1.29 is 0 Å². The normalized spacial score (nSPS) is 19.8. The standard InChI is InChI=1S/C44H30/c1-43(29-13-5-3-6-14-29)37-20-12-10-18-32(37)41-33-23-21-27-25-35-31-17-9-11-19-36(31)44(2,30-15-7-4-8-16-30)42(35)34-24-22-28(26-38(41)43)39(33)40(27)34/h3-26H,1-2H3. The van der Waals surface area contributed by atoms with Crippen LogP contribution in [0.1, 0.15) is 47.2 Å². The predicted octanol–water partition coefficient (Wildman–Crippen LogP) is 11.3. The molecule has 44 heavy (non-hydrogen) atoms. The van der Waals surface area contributed by atoms with Crippen LogP contribution in [0.3, 0.4) is 0 Å². The Morgan fingerprint density at radius 3 is 1.61 bits per heavy atom. The van der Waals surface area contributed by atoms with Crippen molar-refractivity contribution >= 4 is 32.3 Å². The Bertz CT molecular complexity index is 2450. The topological polar surface area (TPSA) is 0 Å². The Labute approximate surface area is 257 Å². The monoisotopic (exact) mass is 558 g/mol. The number of benzene rings is 8. The van der Waals surface area contributed by atoms with Crippen molar-refractivity contribution in [3.63, 3.8) is 0 Å². The van der Waals surface area contributed by atoms with Crippen LogP contribution in [0.4, 0.5) is 0 Å². The van der Waals surface area contributed by atoms with E-state index in [9.17, 15) is 0 Å². The van der Waals surface area contributed by atoms with E-state index in [1.54, 1.807) is 0 Å². The molecular weight excluding hydrogens is 528 g/mol. The summed E-state index contributed by atoms with van der Waals surface area (Å²) >= 11 is 0. The molecule has 0 bridgehead atoms. The molecule has 2 aliphatic carbocycles. The maximum absolute atomic E-state index is 2.50. The van der Waals surface area contributed by atoms with Gasteiger partial charge < -0.3 is 0 Å².